The Balaban J connectivity index is 1.70. The molecule has 9 heteroatoms. The van der Waals surface area contributed by atoms with E-state index in [2.05, 4.69) is 25.6 Å². The molecule has 3 aromatic rings. The second-order valence-electron chi connectivity index (χ2n) is 7.37. The highest BCUT2D eigenvalue weighted by Gasteiger charge is 2.25. The Morgan fingerprint density at radius 2 is 2.07 bits per heavy atom. The van der Waals surface area contributed by atoms with Crippen molar-refractivity contribution >= 4 is 34.7 Å². The molecule has 1 aliphatic carbocycles. The lowest BCUT2D eigenvalue weighted by molar-refractivity contribution is -0.143. The largest absolute Gasteiger partial charge is 0.464 e. The normalized spacial score (nSPS) is 15.3. The summed E-state index contributed by atoms with van der Waals surface area (Å²) in [5.41, 5.74) is 1.61. The maximum Gasteiger partial charge on any atom is 0.328 e. The van der Waals surface area contributed by atoms with Gasteiger partial charge in [0.05, 0.1) is 18.5 Å². The van der Waals surface area contributed by atoms with Gasteiger partial charge in [-0.25, -0.2) is 19.2 Å². The number of hydrogen-bond donors (Lipinski definition) is 2. The molecule has 0 saturated heterocycles. The molecule has 2 aromatic heterocycles. The molecular weight excluding hydrogens is 387 g/mol. The van der Waals surface area contributed by atoms with Crippen LogP contribution in [0.15, 0.2) is 30.5 Å². The molecule has 2 heterocycles. The molecule has 4 rings (SSSR count). The van der Waals surface area contributed by atoms with E-state index < -0.39 is 6.04 Å². The van der Waals surface area contributed by atoms with Gasteiger partial charge in [0.15, 0.2) is 5.65 Å². The molecule has 1 atom stereocenters. The summed E-state index contributed by atoms with van der Waals surface area (Å²) < 4.78 is 21.3. The predicted octanol–water partition coefficient (Wildman–Crippen LogP) is 4.19. The Kier molecular flexibility index (Phi) is 5.78. The smallest absolute Gasteiger partial charge is 0.328 e. The summed E-state index contributed by atoms with van der Waals surface area (Å²) in [6.07, 6.45) is 5.87. The van der Waals surface area contributed by atoms with Gasteiger partial charge in [0.2, 0.25) is 11.9 Å². The molecule has 8 nitrogen and oxygen atoms in total. The van der Waals surface area contributed by atoms with E-state index in [9.17, 15) is 9.18 Å². The number of aromatic nitrogens is 4. The van der Waals surface area contributed by atoms with Crippen LogP contribution in [0.5, 0.6) is 0 Å². The van der Waals surface area contributed by atoms with E-state index in [1.807, 2.05) is 4.57 Å². The number of benzene rings is 1. The zero-order valence-corrected chi connectivity index (χ0v) is 17.1. The summed E-state index contributed by atoms with van der Waals surface area (Å²) in [6.45, 7) is 3.77. The highest BCUT2D eigenvalue weighted by molar-refractivity contribution is 5.80. The number of imidazole rings is 1. The SMILES string of the molecule is CCOC(=O)C(C)Nc1ncc2nc(Nc3ccccc3F)n(C3CCCC3)c2n1. The minimum atomic E-state index is -0.582. The van der Waals surface area contributed by atoms with Gasteiger partial charge in [-0.1, -0.05) is 25.0 Å². The number of nitrogens with zero attached hydrogens (tertiary/aromatic N) is 4. The third-order valence-electron chi connectivity index (χ3n) is 5.23. The van der Waals surface area contributed by atoms with E-state index in [1.54, 1.807) is 38.2 Å². The molecule has 0 spiro atoms. The van der Waals surface area contributed by atoms with Crippen LogP contribution >= 0.6 is 0 Å². The monoisotopic (exact) mass is 412 g/mol. The maximum atomic E-state index is 14.2. The van der Waals surface area contributed by atoms with Gasteiger partial charge in [-0.3, -0.25) is 4.57 Å². The summed E-state index contributed by atoms with van der Waals surface area (Å²) in [5.74, 6) is 0.137. The maximum absolute atomic E-state index is 14.2. The van der Waals surface area contributed by atoms with Crippen molar-refractivity contribution in [3.05, 3.63) is 36.3 Å². The van der Waals surface area contributed by atoms with Crippen LogP contribution in [0.2, 0.25) is 0 Å². The minimum Gasteiger partial charge on any atom is -0.464 e. The number of halogens is 1. The van der Waals surface area contributed by atoms with Gasteiger partial charge in [-0.15, -0.1) is 0 Å². The average Bonchev–Trinajstić information content (AvgIpc) is 3.37. The molecule has 1 aliphatic rings. The van der Waals surface area contributed by atoms with Crippen molar-refractivity contribution in [3.63, 3.8) is 0 Å². The first-order chi connectivity index (χ1) is 14.6. The Labute approximate surface area is 173 Å². The molecule has 0 aliphatic heterocycles. The molecule has 0 amide bonds. The number of carbonyl (C=O) groups is 1. The van der Waals surface area contributed by atoms with Crippen LogP contribution in [-0.2, 0) is 9.53 Å². The van der Waals surface area contributed by atoms with Crippen LogP contribution < -0.4 is 10.6 Å². The standard InChI is InChI=1S/C21H25FN6O2/c1-3-30-19(29)13(2)24-20-23-12-17-18(27-20)28(14-8-4-5-9-14)21(26-17)25-16-11-7-6-10-15(16)22/h6-7,10-14H,3-5,8-9H2,1-2H3,(H,25,26)(H,23,24,27). The first kappa shape index (κ1) is 20.1. The van der Waals surface area contributed by atoms with Crippen molar-refractivity contribution in [1.82, 2.24) is 19.5 Å². The highest BCUT2D eigenvalue weighted by atomic mass is 19.1. The third-order valence-corrected chi connectivity index (χ3v) is 5.23. The van der Waals surface area contributed by atoms with Gasteiger partial charge in [0.25, 0.3) is 0 Å². The molecule has 0 bridgehead atoms. The lowest BCUT2D eigenvalue weighted by Crippen LogP contribution is -2.29. The van der Waals surface area contributed by atoms with Crippen LogP contribution in [-0.4, -0.2) is 38.1 Å². The van der Waals surface area contributed by atoms with E-state index >= 15 is 0 Å². The van der Waals surface area contributed by atoms with Crippen molar-refractivity contribution in [3.8, 4) is 0 Å². The molecule has 1 aromatic carbocycles. The van der Waals surface area contributed by atoms with Crippen molar-refractivity contribution in [2.75, 3.05) is 17.2 Å². The van der Waals surface area contributed by atoms with Crippen molar-refractivity contribution in [1.29, 1.82) is 0 Å². The summed E-state index contributed by atoms with van der Waals surface area (Å²) in [7, 11) is 0. The Hall–Kier alpha value is -3.23. The number of anilines is 3. The summed E-state index contributed by atoms with van der Waals surface area (Å²) in [6, 6.07) is 6.13. The molecular formula is C21H25FN6O2. The zero-order chi connectivity index (χ0) is 21.1. The lowest BCUT2D eigenvalue weighted by atomic mass is 10.2. The second kappa shape index (κ2) is 8.64. The Bertz CT molecular complexity index is 1050. The van der Waals surface area contributed by atoms with Crippen LogP contribution in [0.4, 0.5) is 22.0 Å². The van der Waals surface area contributed by atoms with E-state index in [0.717, 1.165) is 25.7 Å². The third kappa shape index (κ3) is 4.05. The van der Waals surface area contributed by atoms with Gasteiger partial charge in [0.1, 0.15) is 17.4 Å². The van der Waals surface area contributed by atoms with Crippen LogP contribution in [0.3, 0.4) is 0 Å². The number of para-hydroxylation sites is 1. The van der Waals surface area contributed by atoms with Crippen molar-refractivity contribution in [2.45, 2.75) is 51.6 Å². The topological polar surface area (TPSA) is 94.0 Å². The number of hydrogen-bond acceptors (Lipinski definition) is 7. The number of esters is 1. The average molecular weight is 412 g/mol. The quantitative estimate of drug-likeness (QED) is 0.562. The summed E-state index contributed by atoms with van der Waals surface area (Å²) in [4.78, 5) is 25.5. The number of ether oxygens (including phenoxy) is 1. The van der Waals surface area contributed by atoms with E-state index in [4.69, 9.17) is 4.74 Å². The second-order valence-corrected chi connectivity index (χ2v) is 7.37. The lowest BCUT2D eigenvalue weighted by Gasteiger charge is -2.17. The molecule has 1 saturated carbocycles. The first-order valence-electron chi connectivity index (χ1n) is 10.3. The van der Waals surface area contributed by atoms with Gasteiger partial charge in [0, 0.05) is 6.04 Å². The molecule has 0 radical (unpaired) electrons. The Morgan fingerprint density at radius 1 is 1.30 bits per heavy atom. The van der Waals surface area contributed by atoms with Gasteiger partial charge >= 0.3 is 5.97 Å². The zero-order valence-electron chi connectivity index (χ0n) is 17.1. The van der Waals surface area contributed by atoms with E-state index in [0.29, 0.717) is 35.4 Å². The number of fused-ring (bicyclic) bond motifs is 1. The Morgan fingerprint density at radius 3 is 2.80 bits per heavy atom. The predicted molar refractivity (Wildman–Crippen MR) is 112 cm³/mol. The highest BCUT2D eigenvalue weighted by Crippen LogP contribution is 2.36. The van der Waals surface area contributed by atoms with Crippen molar-refractivity contribution < 1.29 is 13.9 Å². The fraction of sp³-hybridized carbons (Fsp3) is 0.429. The minimum absolute atomic E-state index is 0.217. The number of nitrogens with one attached hydrogen (secondary N) is 2. The molecule has 2 N–H and O–H groups in total. The molecule has 30 heavy (non-hydrogen) atoms. The number of carbonyl (C=O) groups excluding carboxylic acids is 1. The fourth-order valence-electron chi connectivity index (χ4n) is 3.76. The van der Waals surface area contributed by atoms with Gasteiger partial charge < -0.3 is 15.4 Å². The fourth-order valence-corrected chi connectivity index (χ4v) is 3.76. The summed E-state index contributed by atoms with van der Waals surface area (Å²) >= 11 is 0. The van der Waals surface area contributed by atoms with E-state index in [1.165, 1.54) is 6.07 Å². The summed E-state index contributed by atoms with van der Waals surface area (Å²) in [5, 5.41) is 6.10. The van der Waals surface area contributed by atoms with E-state index in [-0.39, 0.29) is 17.8 Å². The first-order valence-corrected chi connectivity index (χ1v) is 10.3. The van der Waals surface area contributed by atoms with Gasteiger partial charge in [-0.05, 0) is 38.8 Å². The van der Waals surface area contributed by atoms with Crippen LogP contribution in [0.1, 0.15) is 45.6 Å². The molecule has 1 fully saturated rings. The van der Waals surface area contributed by atoms with Crippen LogP contribution in [0, 0.1) is 5.82 Å². The van der Waals surface area contributed by atoms with Crippen molar-refractivity contribution in [2.24, 2.45) is 0 Å². The molecule has 1 unspecified atom stereocenters. The number of rotatable bonds is 7. The van der Waals surface area contributed by atoms with Gasteiger partial charge in [-0.2, -0.15) is 4.98 Å². The van der Waals surface area contributed by atoms with Crippen LogP contribution in [0.25, 0.3) is 11.2 Å². The molecule has 158 valence electrons.